The maximum absolute atomic E-state index is 12.5. The molecule has 0 heterocycles. The largest absolute Gasteiger partial charge is 0.416 e. The number of hydrogen-bond donors (Lipinski definition) is 0. The van der Waals surface area contributed by atoms with Crippen LogP contribution in [0.15, 0.2) is 24.3 Å². The van der Waals surface area contributed by atoms with Gasteiger partial charge in [-0.3, -0.25) is 4.79 Å². The van der Waals surface area contributed by atoms with Gasteiger partial charge in [0.2, 0.25) is 0 Å². The molecule has 0 unspecified atom stereocenters. The Balaban J connectivity index is 1.98. The van der Waals surface area contributed by atoms with Crippen LogP contribution < -0.4 is 0 Å². The normalized spacial score (nSPS) is 17.8. The third-order valence-corrected chi connectivity index (χ3v) is 3.98. The summed E-state index contributed by atoms with van der Waals surface area (Å²) in [6.07, 6.45) is 3.01. The van der Waals surface area contributed by atoms with Crippen LogP contribution in [0.5, 0.6) is 0 Å². The zero-order valence-electron chi connectivity index (χ0n) is 11.4. The van der Waals surface area contributed by atoms with E-state index < -0.39 is 11.7 Å². The highest BCUT2D eigenvalue weighted by atomic mass is 19.4. The van der Waals surface area contributed by atoms with Crippen LogP contribution in [0.3, 0.4) is 0 Å². The minimum atomic E-state index is -4.34. The van der Waals surface area contributed by atoms with Crippen molar-refractivity contribution < 1.29 is 18.0 Å². The quantitative estimate of drug-likeness (QED) is 0.547. The number of hydrogen-bond acceptors (Lipinski definition) is 1. The van der Waals surface area contributed by atoms with Gasteiger partial charge in [0, 0.05) is 12.0 Å². The molecule has 1 fully saturated rings. The van der Waals surface area contributed by atoms with Crippen molar-refractivity contribution >= 4 is 5.78 Å². The molecular weight excluding hydrogens is 265 g/mol. The number of alkyl halides is 3. The summed E-state index contributed by atoms with van der Waals surface area (Å²) < 4.78 is 37.4. The van der Waals surface area contributed by atoms with Gasteiger partial charge >= 0.3 is 6.18 Å². The van der Waals surface area contributed by atoms with E-state index in [2.05, 4.69) is 0 Å². The second-order valence-electron chi connectivity index (χ2n) is 5.56. The van der Waals surface area contributed by atoms with Gasteiger partial charge in [-0.25, -0.2) is 0 Å². The van der Waals surface area contributed by atoms with Gasteiger partial charge in [0.25, 0.3) is 0 Å². The maximum Gasteiger partial charge on any atom is 0.416 e. The van der Waals surface area contributed by atoms with Crippen molar-refractivity contribution in [2.24, 2.45) is 5.92 Å². The second-order valence-corrected chi connectivity index (χ2v) is 5.56. The molecule has 1 aromatic rings. The lowest BCUT2D eigenvalue weighted by atomic mass is 9.92. The highest BCUT2D eigenvalue weighted by molar-refractivity contribution is 5.96. The van der Waals surface area contributed by atoms with Crippen molar-refractivity contribution in [3.8, 4) is 0 Å². The second kappa shape index (κ2) is 6.42. The Morgan fingerprint density at radius 3 is 2.05 bits per heavy atom. The van der Waals surface area contributed by atoms with Crippen LogP contribution in [0.25, 0.3) is 0 Å². The number of ketones is 1. The summed E-state index contributed by atoms with van der Waals surface area (Å²) in [6, 6.07) is 4.56. The first kappa shape index (κ1) is 15.1. The minimum absolute atomic E-state index is 0.0365. The van der Waals surface area contributed by atoms with Crippen LogP contribution in [0, 0.1) is 5.92 Å². The average molecular weight is 284 g/mol. The Kier molecular flexibility index (Phi) is 4.84. The SMILES string of the molecule is O=C(CC1CCCCCC1)c1ccc(C(F)(F)F)cc1. The molecule has 1 saturated carbocycles. The zero-order chi connectivity index (χ0) is 14.6. The van der Waals surface area contributed by atoms with E-state index >= 15 is 0 Å². The monoisotopic (exact) mass is 284 g/mol. The van der Waals surface area contributed by atoms with E-state index in [0.29, 0.717) is 17.9 Å². The van der Waals surface area contributed by atoms with Gasteiger partial charge < -0.3 is 0 Å². The first-order chi connectivity index (χ1) is 9.47. The zero-order valence-corrected chi connectivity index (χ0v) is 11.4. The molecule has 0 bridgehead atoms. The molecule has 1 nitrogen and oxygen atoms in total. The minimum Gasteiger partial charge on any atom is -0.294 e. The van der Waals surface area contributed by atoms with Crippen LogP contribution in [0.2, 0.25) is 0 Å². The fraction of sp³-hybridized carbons (Fsp3) is 0.562. The molecule has 0 aromatic heterocycles. The van der Waals surface area contributed by atoms with Crippen LogP contribution in [0.1, 0.15) is 60.9 Å². The third-order valence-electron chi connectivity index (χ3n) is 3.98. The molecule has 0 radical (unpaired) electrons. The van der Waals surface area contributed by atoms with Crippen molar-refractivity contribution in [1.29, 1.82) is 0 Å². The molecule has 0 atom stereocenters. The lowest BCUT2D eigenvalue weighted by Gasteiger charge is -2.13. The van der Waals surface area contributed by atoms with E-state index in [1.165, 1.54) is 25.0 Å². The Hall–Kier alpha value is -1.32. The van der Waals surface area contributed by atoms with E-state index in [1.54, 1.807) is 0 Å². The van der Waals surface area contributed by atoms with Gasteiger partial charge in [0.05, 0.1) is 5.56 Å². The Morgan fingerprint density at radius 1 is 1.00 bits per heavy atom. The predicted octanol–water partition coefficient (Wildman–Crippen LogP) is 5.25. The van der Waals surface area contributed by atoms with Crippen molar-refractivity contribution in [3.63, 3.8) is 0 Å². The first-order valence-corrected chi connectivity index (χ1v) is 7.17. The van der Waals surface area contributed by atoms with E-state index in [-0.39, 0.29) is 5.78 Å². The predicted molar refractivity (Wildman–Crippen MR) is 71.6 cm³/mol. The van der Waals surface area contributed by atoms with Gasteiger partial charge in [-0.15, -0.1) is 0 Å². The molecule has 0 N–H and O–H groups in total. The molecule has 1 aliphatic carbocycles. The van der Waals surface area contributed by atoms with Crippen molar-refractivity contribution in [2.75, 3.05) is 0 Å². The molecule has 0 saturated heterocycles. The van der Waals surface area contributed by atoms with E-state index in [9.17, 15) is 18.0 Å². The van der Waals surface area contributed by atoms with Gasteiger partial charge in [-0.2, -0.15) is 13.2 Å². The number of rotatable bonds is 3. The molecule has 4 heteroatoms. The van der Waals surface area contributed by atoms with Crippen molar-refractivity contribution in [2.45, 2.75) is 51.1 Å². The maximum atomic E-state index is 12.5. The summed E-state index contributed by atoms with van der Waals surface area (Å²) in [4.78, 5) is 12.1. The molecule has 20 heavy (non-hydrogen) atoms. The summed E-state index contributed by atoms with van der Waals surface area (Å²) in [7, 11) is 0. The van der Waals surface area contributed by atoms with E-state index in [0.717, 1.165) is 37.8 Å². The molecule has 1 aromatic carbocycles. The number of halogens is 3. The molecule has 0 amide bonds. The average Bonchev–Trinajstić information content (AvgIpc) is 2.66. The number of carbonyl (C=O) groups is 1. The topological polar surface area (TPSA) is 17.1 Å². The Labute approximate surface area is 117 Å². The van der Waals surface area contributed by atoms with Gasteiger partial charge in [0.15, 0.2) is 5.78 Å². The standard InChI is InChI=1S/C16H19F3O/c17-16(18,19)14-9-7-13(8-10-14)15(20)11-12-5-3-1-2-4-6-12/h7-10,12H,1-6,11H2. The van der Waals surface area contributed by atoms with Crippen LogP contribution in [0.4, 0.5) is 13.2 Å². The number of Topliss-reactive ketones (excluding diaryl/α,β-unsaturated/α-hetero) is 1. The molecule has 2 rings (SSSR count). The molecular formula is C16H19F3O. The Bertz CT molecular complexity index is 440. The van der Waals surface area contributed by atoms with E-state index in [4.69, 9.17) is 0 Å². The van der Waals surface area contributed by atoms with Gasteiger partial charge in [-0.05, 0) is 18.1 Å². The molecule has 1 aliphatic rings. The lowest BCUT2D eigenvalue weighted by Crippen LogP contribution is -2.09. The summed E-state index contributed by atoms with van der Waals surface area (Å²) in [5.41, 5.74) is -0.314. The van der Waals surface area contributed by atoms with Crippen LogP contribution in [-0.2, 0) is 6.18 Å². The molecule has 110 valence electrons. The number of carbonyl (C=O) groups excluding carboxylic acids is 1. The smallest absolute Gasteiger partial charge is 0.294 e. The van der Waals surface area contributed by atoms with Crippen LogP contribution in [-0.4, -0.2) is 5.78 Å². The lowest BCUT2D eigenvalue weighted by molar-refractivity contribution is -0.137. The van der Waals surface area contributed by atoms with Crippen molar-refractivity contribution in [1.82, 2.24) is 0 Å². The highest BCUT2D eigenvalue weighted by Gasteiger charge is 2.30. The number of benzene rings is 1. The highest BCUT2D eigenvalue weighted by Crippen LogP contribution is 2.30. The Morgan fingerprint density at radius 2 is 1.55 bits per heavy atom. The summed E-state index contributed by atoms with van der Waals surface area (Å²) in [5.74, 6) is 0.359. The van der Waals surface area contributed by atoms with Crippen LogP contribution >= 0.6 is 0 Å². The molecule has 0 aliphatic heterocycles. The third kappa shape index (κ3) is 4.09. The molecule has 0 spiro atoms. The summed E-state index contributed by atoms with van der Waals surface area (Å²) in [5, 5.41) is 0. The fourth-order valence-corrected chi connectivity index (χ4v) is 2.79. The van der Waals surface area contributed by atoms with Gasteiger partial charge in [0.1, 0.15) is 0 Å². The summed E-state index contributed by atoms with van der Waals surface area (Å²) in [6.45, 7) is 0. The van der Waals surface area contributed by atoms with E-state index in [1.807, 2.05) is 0 Å². The first-order valence-electron chi connectivity index (χ1n) is 7.17. The van der Waals surface area contributed by atoms with Gasteiger partial charge in [-0.1, -0.05) is 50.7 Å². The van der Waals surface area contributed by atoms with Crippen molar-refractivity contribution in [3.05, 3.63) is 35.4 Å². The fourth-order valence-electron chi connectivity index (χ4n) is 2.79. The summed E-state index contributed by atoms with van der Waals surface area (Å²) >= 11 is 0.